The fourth-order valence-corrected chi connectivity index (χ4v) is 3.49. The van der Waals surface area contributed by atoms with Crippen LogP contribution >= 0.6 is 23.1 Å². The molecule has 1 N–H and O–H groups in total. The fraction of sp³-hybridized carbons (Fsp3) is 0.333. The third-order valence-corrected chi connectivity index (χ3v) is 4.55. The molecular weight excluding hydrogens is 258 g/mol. The SMILES string of the molecule is CCCNC(CSc1ccccc1)c1ccsc1. The van der Waals surface area contributed by atoms with Gasteiger partial charge in [-0.15, -0.1) is 11.8 Å². The van der Waals surface area contributed by atoms with Crippen molar-refractivity contribution < 1.29 is 0 Å². The van der Waals surface area contributed by atoms with Crippen LogP contribution in [0.4, 0.5) is 0 Å². The van der Waals surface area contributed by atoms with E-state index in [1.165, 1.54) is 16.9 Å². The number of nitrogens with one attached hydrogen (secondary N) is 1. The van der Waals surface area contributed by atoms with E-state index in [9.17, 15) is 0 Å². The predicted molar refractivity (Wildman–Crippen MR) is 82.5 cm³/mol. The van der Waals surface area contributed by atoms with Crippen LogP contribution in [0.25, 0.3) is 0 Å². The summed E-state index contributed by atoms with van der Waals surface area (Å²) >= 11 is 3.69. The summed E-state index contributed by atoms with van der Waals surface area (Å²) in [5.74, 6) is 1.08. The second-order valence-corrected chi connectivity index (χ2v) is 6.06. The topological polar surface area (TPSA) is 12.0 Å². The molecule has 0 radical (unpaired) electrons. The van der Waals surface area contributed by atoms with Crippen molar-refractivity contribution in [2.45, 2.75) is 24.3 Å². The highest BCUT2D eigenvalue weighted by atomic mass is 32.2. The molecule has 2 rings (SSSR count). The van der Waals surface area contributed by atoms with Gasteiger partial charge >= 0.3 is 0 Å². The van der Waals surface area contributed by atoms with Crippen LogP contribution in [-0.4, -0.2) is 12.3 Å². The molecule has 0 spiro atoms. The Balaban J connectivity index is 1.93. The fourth-order valence-electron chi connectivity index (χ4n) is 1.76. The van der Waals surface area contributed by atoms with Crippen LogP contribution in [0.5, 0.6) is 0 Å². The van der Waals surface area contributed by atoms with Gasteiger partial charge in [0, 0.05) is 16.7 Å². The lowest BCUT2D eigenvalue weighted by Crippen LogP contribution is -2.23. The first-order valence-corrected chi connectivity index (χ1v) is 8.26. The van der Waals surface area contributed by atoms with Crippen molar-refractivity contribution in [2.24, 2.45) is 0 Å². The van der Waals surface area contributed by atoms with Crippen molar-refractivity contribution in [1.82, 2.24) is 5.32 Å². The summed E-state index contributed by atoms with van der Waals surface area (Å²) in [6.07, 6.45) is 1.18. The maximum atomic E-state index is 3.63. The quantitative estimate of drug-likeness (QED) is 0.743. The van der Waals surface area contributed by atoms with Gasteiger partial charge in [-0.05, 0) is 47.5 Å². The first-order valence-electron chi connectivity index (χ1n) is 6.33. The van der Waals surface area contributed by atoms with Crippen molar-refractivity contribution in [3.8, 4) is 0 Å². The molecule has 0 aliphatic heterocycles. The van der Waals surface area contributed by atoms with E-state index in [2.05, 4.69) is 59.4 Å². The molecule has 1 atom stereocenters. The molecule has 0 aliphatic carbocycles. The highest BCUT2D eigenvalue weighted by Crippen LogP contribution is 2.25. The second-order valence-electron chi connectivity index (χ2n) is 4.19. The van der Waals surface area contributed by atoms with Gasteiger partial charge in [-0.25, -0.2) is 0 Å². The van der Waals surface area contributed by atoms with E-state index in [1.54, 1.807) is 11.3 Å². The Morgan fingerprint density at radius 1 is 1.22 bits per heavy atom. The van der Waals surface area contributed by atoms with Gasteiger partial charge in [0.15, 0.2) is 0 Å². The standard InChI is InChI=1S/C15H19NS2/c1-2-9-16-15(13-8-10-17-11-13)12-18-14-6-4-3-5-7-14/h3-8,10-11,15-16H,2,9,12H2,1H3. The molecule has 18 heavy (non-hydrogen) atoms. The van der Waals surface area contributed by atoms with Crippen LogP contribution in [0.15, 0.2) is 52.1 Å². The smallest absolute Gasteiger partial charge is 0.0423 e. The van der Waals surface area contributed by atoms with E-state index in [4.69, 9.17) is 0 Å². The molecule has 0 amide bonds. The number of benzene rings is 1. The molecule has 96 valence electrons. The Morgan fingerprint density at radius 3 is 2.72 bits per heavy atom. The molecule has 1 heterocycles. The van der Waals surface area contributed by atoms with Gasteiger partial charge in [0.2, 0.25) is 0 Å². The van der Waals surface area contributed by atoms with Gasteiger partial charge in [-0.3, -0.25) is 0 Å². The van der Waals surface area contributed by atoms with E-state index in [0.717, 1.165) is 12.3 Å². The zero-order valence-corrected chi connectivity index (χ0v) is 12.3. The third kappa shape index (κ3) is 4.16. The molecule has 0 bridgehead atoms. The van der Waals surface area contributed by atoms with Crippen LogP contribution in [-0.2, 0) is 0 Å². The molecule has 0 saturated heterocycles. The summed E-state index contributed by atoms with van der Waals surface area (Å²) in [5.41, 5.74) is 1.41. The third-order valence-electron chi connectivity index (χ3n) is 2.75. The Bertz CT molecular complexity index is 425. The molecule has 2 aromatic rings. The van der Waals surface area contributed by atoms with Gasteiger partial charge in [0.25, 0.3) is 0 Å². The van der Waals surface area contributed by atoms with Crippen LogP contribution < -0.4 is 5.32 Å². The number of thiophene rings is 1. The molecule has 3 heteroatoms. The van der Waals surface area contributed by atoms with E-state index in [-0.39, 0.29) is 0 Å². The molecular formula is C15H19NS2. The highest BCUT2D eigenvalue weighted by Gasteiger charge is 2.11. The summed E-state index contributed by atoms with van der Waals surface area (Å²) in [5, 5.41) is 8.03. The second kappa shape index (κ2) is 7.62. The summed E-state index contributed by atoms with van der Waals surface area (Å²) < 4.78 is 0. The molecule has 1 nitrogen and oxygen atoms in total. The number of rotatable bonds is 7. The molecule has 0 aliphatic rings. The Kier molecular flexibility index (Phi) is 5.78. The predicted octanol–water partition coefficient (Wildman–Crippen LogP) is 4.58. The normalized spacial score (nSPS) is 12.5. The van der Waals surface area contributed by atoms with Gasteiger partial charge in [-0.2, -0.15) is 11.3 Å². The van der Waals surface area contributed by atoms with Gasteiger partial charge < -0.3 is 5.32 Å². The summed E-state index contributed by atoms with van der Waals surface area (Å²) in [7, 11) is 0. The van der Waals surface area contributed by atoms with Crippen LogP contribution in [0, 0.1) is 0 Å². The van der Waals surface area contributed by atoms with Gasteiger partial charge in [0.1, 0.15) is 0 Å². The number of hydrogen-bond acceptors (Lipinski definition) is 3. The highest BCUT2D eigenvalue weighted by molar-refractivity contribution is 7.99. The lowest BCUT2D eigenvalue weighted by atomic mass is 10.2. The van der Waals surface area contributed by atoms with E-state index in [1.807, 2.05) is 11.8 Å². The van der Waals surface area contributed by atoms with Crippen LogP contribution in [0.2, 0.25) is 0 Å². The number of thioether (sulfide) groups is 1. The average molecular weight is 277 g/mol. The van der Waals surface area contributed by atoms with Crippen molar-refractivity contribution in [3.05, 3.63) is 52.7 Å². The van der Waals surface area contributed by atoms with E-state index >= 15 is 0 Å². The minimum Gasteiger partial charge on any atom is -0.309 e. The first-order chi connectivity index (χ1) is 8.90. The Labute approximate surface area is 118 Å². The lowest BCUT2D eigenvalue weighted by Gasteiger charge is -2.17. The van der Waals surface area contributed by atoms with Crippen LogP contribution in [0.3, 0.4) is 0 Å². The zero-order chi connectivity index (χ0) is 12.6. The summed E-state index contributed by atoms with van der Waals surface area (Å²) in [6.45, 7) is 3.29. The monoisotopic (exact) mass is 277 g/mol. The van der Waals surface area contributed by atoms with Gasteiger partial charge in [-0.1, -0.05) is 25.1 Å². The maximum absolute atomic E-state index is 3.63. The zero-order valence-electron chi connectivity index (χ0n) is 10.6. The largest absolute Gasteiger partial charge is 0.309 e. The Hall–Kier alpha value is -0.770. The summed E-state index contributed by atoms with van der Waals surface area (Å²) in [6, 6.07) is 13.3. The molecule has 1 unspecified atom stereocenters. The van der Waals surface area contributed by atoms with Crippen molar-refractivity contribution in [1.29, 1.82) is 0 Å². The molecule has 0 fully saturated rings. The van der Waals surface area contributed by atoms with E-state index in [0.29, 0.717) is 6.04 Å². The Morgan fingerprint density at radius 2 is 2.06 bits per heavy atom. The summed E-state index contributed by atoms with van der Waals surface area (Å²) in [4.78, 5) is 1.34. The minimum absolute atomic E-state index is 0.460. The maximum Gasteiger partial charge on any atom is 0.0423 e. The van der Waals surface area contributed by atoms with Gasteiger partial charge in [0.05, 0.1) is 0 Å². The van der Waals surface area contributed by atoms with Crippen molar-refractivity contribution in [2.75, 3.05) is 12.3 Å². The minimum atomic E-state index is 0.460. The first kappa shape index (κ1) is 13.7. The molecule has 0 saturated carbocycles. The lowest BCUT2D eigenvalue weighted by molar-refractivity contribution is 0.579. The average Bonchev–Trinajstić information content (AvgIpc) is 2.94. The van der Waals surface area contributed by atoms with Crippen molar-refractivity contribution >= 4 is 23.1 Å². The molecule has 1 aromatic heterocycles. The number of hydrogen-bond donors (Lipinski definition) is 1. The molecule has 1 aromatic carbocycles. The van der Waals surface area contributed by atoms with Crippen LogP contribution in [0.1, 0.15) is 24.9 Å². The van der Waals surface area contributed by atoms with Crippen molar-refractivity contribution in [3.63, 3.8) is 0 Å². The van der Waals surface area contributed by atoms with E-state index < -0.39 is 0 Å².